The first-order valence-electron chi connectivity index (χ1n) is 6.03. The molecule has 15 heavy (non-hydrogen) atoms. The summed E-state index contributed by atoms with van der Waals surface area (Å²) in [6.07, 6.45) is 5.54. The SMILES string of the molecule is CNCC1CC2(Cc3ccccc3C2)C1. The van der Waals surface area contributed by atoms with Crippen LogP contribution in [0, 0.1) is 11.3 Å². The number of benzene rings is 1. The van der Waals surface area contributed by atoms with E-state index in [2.05, 4.69) is 36.6 Å². The van der Waals surface area contributed by atoms with Gasteiger partial charge in [0.1, 0.15) is 0 Å². The lowest BCUT2D eigenvalue weighted by Crippen LogP contribution is -2.42. The Morgan fingerprint density at radius 1 is 1.20 bits per heavy atom. The summed E-state index contributed by atoms with van der Waals surface area (Å²) < 4.78 is 0. The van der Waals surface area contributed by atoms with E-state index < -0.39 is 0 Å². The summed E-state index contributed by atoms with van der Waals surface area (Å²) in [5.74, 6) is 0.935. The van der Waals surface area contributed by atoms with Crippen LogP contribution in [-0.4, -0.2) is 13.6 Å². The Balaban J connectivity index is 1.70. The highest BCUT2D eigenvalue weighted by Gasteiger charge is 2.46. The molecule has 1 N–H and O–H groups in total. The first-order chi connectivity index (χ1) is 7.31. The van der Waals surface area contributed by atoms with Crippen LogP contribution in [0.15, 0.2) is 24.3 Å². The van der Waals surface area contributed by atoms with Crippen LogP contribution in [0.25, 0.3) is 0 Å². The summed E-state index contributed by atoms with van der Waals surface area (Å²) in [5.41, 5.74) is 3.88. The fourth-order valence-corrected chi connectivity index (χ4v) is 3.66. The third-order valence-electron chi connectivity index (χ3n) is 4.19. The van der Waals surface area contributed by atoms with Crippen LogP contribution >= 0.6 is 0 Å². The molecule has 0 heterocycles. The first-order valence-corrected chi connectivity index (χ1v) is 6.03. The molecule has 0 unspecified atom stereocenters. The van der Waals surface area contributed by atoms with Crippen molar-refractivity contribution in [3.05, 3.63) is 35.4 Å². The lowest BCUT2D eigenvalue weighted by molar-refractivity contribution is 0.0672. The molecule has 80 valence electrons. The molecule has 2 aliphatic rings. The average molecular weight is 201 g/mol. The van der Waals surface area contributed by atoms with Gasteiger partial charge in [0.05, 0.1) is 0 Å². The second-order valence-corrected chi connectivity index (χ2v) is 5.45. The van der Waals surface area contributed by atoms with Gasteiger partial charge in [-0.05, 0) is 61.7 Å². The maximum Gasteiger partial charge on any atom is -0.00231 e. The van der Waals surface area contributed by atoms with Crippen LogP contribution in [-0.2, 0) is 12.8 Å². The maximum atomic E-state index is 3.30. The van der Waals surface area contributed by atoms with Crippen molar-refractivity contribution in [2.75, 3.05) is 13.6 Å². The van der Waals surface area contributed by atoms with Gasteiger partial charge >= 0.3 is 0 Å². The van der Waals surface area contributed by atoms with Gasteiger partial charge in [0.25, 0.3) is 0 Å². The van der Waals surface area contributed by atoms with Gasteiger partial charge in [-0.2, -0.15) is 0 Å². The van der Waals surface area contributed by atoms with E-state index in [0.29, 0.717) is 5.41 Å². The van der Waals surface area contributed by atoms with E-state index in [1.165, 1.54) is 32.2 Å². The minimum atomic E-state index is 0.658. The quantitative estimate of drug-likeness (QED) is 0.774. The molecule has 0 radical (unpaired) electrons. The minimum absolute atomic E-state index is 0.658. The fraction of sp³-hybridized carbons (Fsp3) is 0.571. The molecular formula is C14H19N. The molecule has 1 spiro atoms. The van der Waals surface area contributed by atoms with Crippen molar-refractivity contribution in [1.29, 1.82) is 0 Å². The molecule has 0 amide bonds. The molecule has 1 aromatic carbocycles. The van der Waals surface area contributed by atoms with Gasteiger partial charge in [0.2, 0.25) is 0 Å². The fourth-order valence-electron chi connectivity index (χ4n) is 3.66. The van der Waals surface area contributed by atoms with E-state index in [9.17, 15) is 0 Å². The van der Waals surface area contributed by atoms with Crippen molar-refractivity contribution in [2.24, 2.45) is 11.3 Å². The van der Waals surface area contributed by atoms with Crippen molar-refractivity contribution < 1.29 is 0 Å². The summed E-state index contributed by atoms with van der Waals surface area (Å²) in [6.45, 7) is 1.21. The van der Waals surface area contributed by atoms with E-state index in [0.717, 1.165) is 5.92 Å². The van der Waals surface area contributed by atoms with Gasteiger partial charge < -0.3 is 5.32 Å². The van der Waals surface area contributed by atoms with Crippen LogP contribution in [0.1, 0.15) is 24.0 Å². The smallest absolute Gasteiger partial charge is 0.00231 e. The zero-order chi connectivity index (χ0) is 10.3. The molecule has 0 aromatic heterocycles. The largest absolute Gasteiger partial charge is 0.319 e. The number of rotatable bonds is 2. The molecule has 1 fully saturated rings. The summed E-state index contributed by atoms with van der Waals surface area (Å²) in [5, 5.41) is 3.30. The molecule has 2 aliphatic carbocycles. The van der Waals surface area contributed by atoms with Crippen molar-refractivity contribution >= 4 is 0 Å². The Kier molecular flexibility index (Phi) is 2.10. The van der Waals surface area contributed by atoms with Gasteiger partial charge in [0.15, 0.2) is 0 Å². The van der Waals surface area contributed by atoms with E-state index in [1.807, 2.05) is 0 Å². The number of fused-ring (bicyclic) bond motifs is 1. The lowest BCUT2D eigenvalue weighted by Gasteiger charge is -2.45. The van der Waals surface area contributed by atoms with Crippen LogP contribution in [0.2, 0.25) is 0 Å². The Hall–Kier alpha value is -0.820. The van der Waals surface area contributed by atoms with Gasteiger partial charge in [-0.1, -0.05) is 24.3 Å². The van der Waals surface area contributed by atoms with Crippen LogP contribution < -0.4 is 5.32 Å². The predicted octanol–water partition coefficient (Wildman–Crippen LogP) is 2.40. The molecule has 0 bridgehead atoms. The van der Waals surface area contributed by atoms with Crippen molar-refractivity contribution in [1.82, 2.24) is 5.32 Å². The highest BCUT2D eigenvalue weighted by Crippen LogP contribution is 2.53. The lowest BCUT2D eigenvalue weighted by atomic mass is 9.60. The number of hydrogen-bond donors (Lipinski definition) is 1. The van der Waals surface area contributed by atoms with E-state index >= 15 is 0 Å². The second-order valence-electron chi connectivity index (χ2n) is 5.45. The van der Waals surface area contributed by atoms with Gasteiger partial charge in [0, 0.05) is 0 Å². The van der Waals surface area contributed by atoms with Gasteiger partial charge in [-0.25, -0.2) is 0 Å². The summed E-state index contributed by atoms with van der Waals surface area (Å²) in [7, 11) is 2.06. The average Bonchev–Trinajstić information content (AvgIpc) is 2.56. The molecular weight excluding hydrogens is 182 g/mol. The normalized spacial score (nSPS) is 22.7. The highest BCUT2D eigenvalue weighted by atomic mass is 14.8. The van der Waals surface area contributed by atoms with E-state index in [-0.39, 0.29) is 0 Å². The molecule has 1 aromatic rings. The Bertz CT molecular complexity index is 336. The zero-order valence-electron chi connectivity index (χ0n) is 9.42. The third-order valence-corrected chi connectivity index (χ3v) is 4.19. The van der Waals surface area contributed by atoms with Crippen LogP contribution in [0.5, 0.6) is 0 Å². The molecule has 0 saturated heterocycles. The molecule has 3 rings (SSSR count). The highest BCUT2D eigenvalue weighted by molar-refractivity contribution is 5.35. The number of nitrogens with one attached hydrogen (secondary N) is 1. The Morgan fingerprint density at radius 3 is 2.33 bits per heavy atom. The minimum Gasteiger partial charge on any atom is -0.319 e. The predicted molar refractivity (Wildman–Crippen MR) is 62.9 cm³/mol. The van der Waals surface area contributed by atoms with E-state index in [4.69, 9.17) is 0 Å². The summed E-state index contributed by atoms with van der Waals surface area (Å²) >= 11 is 0. The first kappa shape index (κ1) is 9.41. The summed E-state index contributed by atoms with van der Waals surface area (Å²) in [6, 6.07) is 8.99. The topological polar surface area (TPSA) is 12.0 Å². The third kappa shape index (κ3) is 1.50. The molecule has 1 heteroatoms. The van der Waals surface area contributed by atoms with Crippen LogP contribution in [0.4, 0.5) is 0 Å². The zero-order valence-corrected chi connectivity index (χ0v) is 9.42. The van der Waals surface area contributed by atoms with Crippen molar-refractivity contribution in [2.45, 2.75) is 25.7 Å². The van der Waals surface area contributed by atoms with Crippen molar-refractivity contribution in [3.63, 3.8) is 0 Å². The Morgan fingerprint density at radius 2 is 1.80 bits per heavy atom. The van der Waals surface area contributed by atoms with Gasteiger partial charge in [-0.3, -0.25) is 0 Å². The van der Waals surface area contributed by atoms with Crippen LogP contribution in [0.3, 0.4) is 0 Å². The molecule has 0 atom stereocenters. The second kappa shape index (κ2) is 3.34. The Labute approximate surface area is 91.9 Å². The van der Waals surface area contributed by atoms with Crippen molar-refractivity contribution in [3.8, 4) is 0 Å². The molecule has 1 nitrogen and oxygen atoms in total. The summed E-state index contributed by atoms with van der Waals surface area (Å²) in [4.78, 5) is 0. The maximum absolute atomic E-state index is 3.30. The molecule has 1 saturated carbocycles. The van der Waals surface area contributed by atoms with E-state index in [1.54, 1.807) is 11.1 Å². The monoisotopic (exact) mass is 201 g/mol. The molecule has 0 aliphatic heterocycles. The standard InChI is InChI=1S/C14H19N/c1-15-10-11-6-14(7-11)8-12-4-2-3-5-13(12)9-14/h2-5,11,15H,6-10H2,1H3. The number of hydrogen-bond acceptors (Lipinski definition) is 1. The van der Waals surface area contributed by atoms with Gasteiger partial charge in [-0.15, -0.1) is 0 Å².